The lowest BCUT2D eigenvalue weighted by atomic mass is 9.86. The fourth-order valence-corrected chi connectivity index (χ4v) is 11.4. The van der Waals surface area contributed by atoms with Crippen molar-refractivity contribution >= 4 is 51.5 Å². The zero-order valence-electron chi connectivity index (χ0n) is 33.8. The normalized spacial score (nSPS) is 12.4. The van der Waals surface area contributed by atoms with Crippen LogP contribution in [0, 0.1) is 0 Å². The maximum Gasteiger partial charge on any atom is 0.0650 e. The molecule has 8 aromatic carbocycles. The van der Waals surface area contributed by atoms with Crippen LogP contribution >= 0.6 is 7.84 Å². The number of nitrogens with zero attached hydrogens (tertiary/aromatic N) is 3. The topological polar surface area (TPSA) is 14.8 Å². The standard InChI is InChI=1S/C55H44N3P/c1-55(2,3)44-27-30-52-49(35-44)48-33-41(42-25-28-47-46-23-11-12-24-50(46)57(53(47)34-42)45-21-9-6-10-22-45)26-29-51(48)58(52)59-54(36-56(59)4)43-20-14-19-40(32-43)39-18-13-17-38(31-39)37-15-7-5-8-16-37/h5-36H,1-4H3. The molecular formula is C55H44N3P. The van der Waals surface area contributed by atoms with Crippen LogP contribution in [0.2, 0.25) is 0 Å². The van der Waals surface area contributed by atoms with E-state index >= 15 is 0 Å². The number of benzene rings is 8. The highest BCUT2D eigenvalue weighted by Gasteiger charge is 2.23. The Balaban J connectivity index is 1.07. The van der Waals surface area contributed by atoms with Gasteiger partial charge in [0.15, 0.2) is 0 Å². The van der Waals surface area contributed by atoms with E-state index in [9.17, 15) is 0 Å². The van der Waals surface area contributed by atoms with Gasteiger partial charge in [-0.15, -0.1) is 0 Å². The van der Waals surface area contributed by atoms with E-state index in [1.807, 2.05) is 0 Å². The fourth-order valence-electron chi connectivity index (χ4n) is 9.06. The van der Waals surface area contributed by atoms with Crippen LogP contribution in [-0.4, -0.2) is 13.2 Å². The lowest BCUT2D eigenvalue weighted by molar-refractivity contribution is 0.591. The van der Waals surface area contributed by atoms with Crippen molar-refractivity contribution in [2.45, 2.75) is 26.2 Å². The SMILES string of the molecule is Cn1cc(-c2cccc(-c3cccc(-c4ccccc4)c3)c2)p1-n1c2ccc(-c3ccc4c5ccccc5n(-c5ccccc5)c4c3)cc2c2cc(C(C)(C)C)ccc21. The number of fused-ring (bicyclic) bond motifs is 6. The molecule has 0 aliphatic rings. The summed E-state index contributed by atoms with van der Waals surface area (Å²) in [5.41, 5.74) is 16.2. The van der Waals surface area contributed by atoms with Gasteiger partial charge in [0.05, 0.1) is 35.2 Å². The first kappa shape index (κ1) is 35.4. The summed E-state index contributed by atoms with van der Waals surface area (Å²) in [5, 5.41) is 6.52. The van der Waals surface area contributed by atoms with E-state index in [1.54, 1.807) is 0 Å². The third kappa shape index (κ3) is 5.88. The third-order valence-corrected chi connectivity index (χ3v) is 14.4. The predicted molar refractivity (Wildman–Crippen MR) is 253 cm³/mol. The highest BCUT2D eigenvalue weighted by Crippen LogP contribution is 2.51. The second-order valence-electron chi connectivity index (χ2n) is 16.9. The minimum absolute atomic E-state index is 0.0258. The summed E-state index contributed by atoms with van der Waals surface area (Å²) < 4.78 is 7.46. The summed E-state index contributed by atoms with van der Waals surface area (Å²) in [7, 11) is 1.40. The van der Waals surface area contributed by atoms with Crippen LogP contribution in [0.15, 0.2) is 194 Å². The minimum atomic E-state index is -0.839. The van der Waals surface area contributed by atoms with Gasteiger partial charge in [-0.05, 0) is 111 Å². The Hall–Kier alpha value is -6.80. The molecule has 0 fully saturated rings. The molecule has 0 aliphatic carbocycles. The van der Waals surface area contributed by atoms with Gasteiger partial charge in [0.2, 0.25) is 0 Å². The number of hydrogen-bond acceptors (Lipinski definition) is 0. The van der Waals surface area contributed by atoms with Gasteiger partial charge in [0.25, 0.3) is 0 Å². The zero-order chi connectivity index (χ0) is 39.8. The van der Waals surface area contributed by atoms with Crippen molar-refractivity contribution < 1.29 is 0 Å². The van der Waals surface area contributed by atoms with Crippen molar-refractivity contribution in [2.75, 3.05) is 0 Å². The van der Waals surface area contributed by atoms with Crippen LogP contribution in [0.4, 0.5) is 0 Å². The Morgan fingerprint density at radius 1 is 0.390 bits per heavy atom. The van der Waals surface area contributed by atoms with Crippen LogP contribution in [0.25, 0.3) is 93.5 Å². The molecular weight excluding hydrogens is 734 g/mol. The van der Waals surface area contributed by atoms with Crippen LogP contribution in [0.3, 0.4) is 0 Å². The maximum absolute atomic E-state index is 2.63. The van der Waals surface area contributed by atoms with E-state index in [1.165, 1.54) is 99.1 Å². The first-order valence-electron chi connectivity index (χ1n) is 20.5. The Kier molecular flexibility index (Phi) is 8.19. The molecule has 0 saturated carbocycles. The molecule has 0 radical (unpaired) electrons. The van der Waals surface area contributed by atoms with Crippen LogP contribution in [0.1, 0.15) is 26.3 Å². The van der Waals surface area contributed by atoms with Gasteiger partial charge in [-0.25, -0.2) is 0 Å². The summed E-state index contributed by atoms with van der Waals surface area (Å²) in [6.07, 6.45) is 2.34. The summed E-state index contributed by atoms with van der Waals surface area (Å²) in [4.78, 5) is 0. The fraction of sp³-hybridized carbons (Fsp3) is 0.0909. The molecule has 1 unspecified atom stereocenters. The van der Waals surface area contributed by atoms with Crippen molar-refractivity contribution in [1.29, 1.82) is 0 Å². The molecule has 0 bridgehead atoms. The molecule has 0 N–H and O–H groups in total. The largest absolute Gasteiger partial charge is 0.324 e. The molecule has 3 heterocycles. The van der Waals surface area contributed by atoms with Gasteiger partial charge in [-0.1, -0.05) is 148 Å². The lowest BCUT2D eigenvalue weighted by Crippen LogP contribution is -2.10. The van der Waals surface area contributed by atoms with Crippen molar-refractivity contribution in [3.05, 3.63) is 200 Å². The quantitative estimate of drug-likeness (QED) is 0.160. The van der Waals surface area contributed by atoms with Crippen molar-refractivity contribution in [2.24, 2.45) is 7.05 Å². The Labute approximate surface area is 346 Å². The minimum Gasteiger partial charge on any atom is -0.324 e. The zero-order valence-corrected chi connectivity index (χ0v) is 34.7. The molecule has 3 aromatic heterocycles. The maximum atomic E-state index is 2.63. The average molecular weight is 778 g/mol. The highest BCUT2D eigenvalue weighted by molar-refractivity contribution is 7.49. The summed E-state index contributed by atoms with van der Waals surface area (Å²) in [5.74, 6) is 0. The molecule has 1 atom stereocenters. The van der Waals surface area contributed by atoms with Crippen LogP contribution in [-0.2, 0) is 12.5 Å². The van der Waals surface area contributed by atoms with Gasteiger partial charge >= 0.3 is 0 Å². The molecule has 284 valence electrons. The van der Waals surface area contributed by atoms with Gasteiger partial charge in [-0.3, -0.25) is 4.34 Å². The third-order valence-electron chi connectivity index (χ3n) is 12.1. The Morgan fingerprint density at radius 2 is 0.932 bits per heavy atom. The molecule has 0 saturated heterocycles. The average Bonchev–Trinajstić information content (AvgIpc) is 3.77. The van der Waals surface area contributed by atoms with Gasteiger partial charge in [-0.2, -0.15) is 0 Å². The lowest BCUT2D eigenvalue weighted by Gasteiger charge is -2.24. The molecule has 3 nitrogen and oxygen atoms in total. The number of aromatic nitrogens is 3. The van der Waals surface area contributed by atoms with E-state index in [2.05, 4.69) is 235 Å². The molecule has 0 aliphatic heterocycles. The van der Waals surface area contributed by atoms with E-state index in [0.717, 1.165) is 0 Å². The van der Waals surface area contributed by atoms with Crippen molar-refractivity contribution in [3.63, 3.8) is 0 Å². The molecule has 4 heteroatoms. The molecule has 0 spiro atoms. The number of hydrogen-bond donors (Lipinski definition) is 0. The number of rotatable bonds is 6. The van der Waals surface area contributed by atoms with E-state index in [0.29, 0.717) is 0 Å². The molecule has 11 rings (SSSR count). The molecule has 11 aromatic rings. The monoisotopic (exact) mass is 777 g/mol. The summed E-state index contributed by atoms with van der Waals surface area (Å²) >= 11 is 0. The van der Waals surface area contributed by atoms with Crippen LogP contribution < -0.4 is 0 Å². The second kappa shape index (κ2) is 13.7. The highest BCUT2D eigenvalue weighted by atomic mass is 31.1. The summed E-state index contributed by atoms with van der Waals surface area (Å²) in [6, 6.07) is 69.5. The smallest absolute Gasteiger partial charge is 0.0650 e. The van der Waals surface area contributed by atoms with E-state index < -0.39 is 7.84 Å². The first-order chi connectivity index (χ1) is 28.8. The van der Waals surface area contributed by atoms with Crippen molar-refractivity contribution in [1.82, 2.24) is 13.2 Å². The van der Waals surface area contributed by atoms with Crippen molar-refractivity contribution in [3.8, 4) is 49.9 Å². The van der Waals surface area contributed by atoms with Crippen LogP contribution in [0.5, 0.6) is 0 Å². The van der Waals surface area contributed by atoms with Gasteiger partial charge in [0, 0.05) is 40.5 Å². The summed E-state index contributed by atoms with van der Waals surface area (Å²) in [6.45, 7) is 6.94. The van der Waals surface area contributed by atoms with Gasteiger partial charge < -0.3 is 8.90 Å². The van der Waals surface area contributed by atoms with Gasteiger partial charge in [0.1, 0.15) is 0 Å². The molecule has 0 amide bonds. The molecule has 59 heavy (non-hydrogen) atoms. The Morgan fingerprint density at radius 3 is 1.66 bits per heavy atom. The second-order valence-corrected chi connectivity index (χ2v) is 18.9. The first-order valence-corrected chi connectivity index (χ1v) is 21.7. The number of aryl methyl sites for hydroxylation is 1. The van der Waals surface area contributed by atoms with E-state index in [4.69, 9.17) is 0 Å². The van der Waals surface area contributed by atoms with E-state index in [-0.39, 0.29) is 5.41 Å². The predicted octanol–water partition coefficient (Wildman–Crippen LogP) is 15.5. The number of para-hydroxylation sites is 2. The Bertz CT molecular complexity index is 3370.